The third kappa shape index (κ3) is 3.07. The average molecular weight is 303 g/mol. The van der Waals surface area contributed by atoms with Gasteiger partial charge in [-0.2, -0.15) is 5.10 Å². The molecule has 0 aliphatic carbocycles. The lowest BCUT2D eigenvalue weighted by atomic mass is 10.0. The van der Waals surface area contributed by atoms with Crippen LogP contribution in [0.2, 0.25) is 0 Å². The fourth-order valence-corrected chi connectivity index (χ4v) is 2.09. The minimum absolute atomic E-state index is 0.305. The zero-order valence-electron chi connectivity index (χ0n) is 9.66. The number of H-pyrrole nitrogens is 1. The van der Waals surface area contributed by atoms with Crippen LogP contribution < -0.4 is 0 Å². The van der Waals surface area contributed by atoms with Crippen molar-refractivity contribution in [3.63, 3.8) is 0 Å². The van der Waals surface area contributed by atoms with Crippen LogP contribution in [0.1, 0.15) is 29.0 Å². The van der Waals surface area contributed by atoms with Gasteiger partial charge < -0.3 is 9.47 Å². The Kier molecular flexibility index (Phi) is 4.17. The largest absolute Gasteiger partial charge is 0.461 e. The topological polar surface area (TPSA) is 64.2 Å². The highest BCUT2D eigenvalue weighted by Crippen LogP contribution is 2.20. The number of aryl methyl sites for hydroxylation is 1. The van der Waals surface area contributed by atoms with Gasteiger partial charge in [0.15, 0.2) is 5.69 Å². The summed E-state index contributed by atoms with van der Waals surface area (Å²) in [6.45, 7) is 3.72. The molecular formula is C11H15BrN2O3. The summed E-state index contributed by atoms with van der Waals surface area (Å²) in [5.74, 6) is -0.0849. The number of carbonyl (C=O) groups is 1. The Balaban J connectivity index is 1.86. The molecule has 5 nitrogen and oxygen atoms in total. The second kappa shape index (κ2) is 5.64. The zero-order chi connectivity index (χ0) is 12.3. The Morgan fingerprint density at radius 3 is 3.12 bits per heavy atom. The van der Waals surface area contributed by atoms with Gasteiger partial charge in [-0.1, -0.05) is 0 Å². The van der Waals surface area contributed by atoms with Gasteiger partial charge in [-0.15, -0.1) is 0 Å². The van der Waals surface area contributed by atoms with E-state index in [4.69, 9.17) is 9.47 Å². The van der Waals surface area contributed by atoms with Gasteiger partial charge in [-0.3, -0.25) is 5.10 Å². The van der Waals surface area contributed by atoms with Gasteiger partial charge in [-0.25, -0.2) is 4.79 Å². The number of esters is 1. The maximum Gasteiger partial charge on any atom is 0.360 e. The van der Waals surface area contributed by atoms with E-state index in [1.54, 1.807) is 0 Å². The number of hydrogen-bond acceptors (Lipinski definition) is 4. The van der Waals surface area contributed by atoms with Crippen molar-refractivity contribution in [3.05, 3.63) is 15.9 Å². The molecular weight excluding hydrogens is 288 g/mol. The van der Waals surface area contributed by atoms with E-state index in [2.05, 4.69) is 26.1 Å². The molecule has 1 aromatic rings. The molecule has 1 saturated heterocycles. The number of aromatic nitrogens is 2. The molecule has 6 heteroatoms. The van der Waals surface area contributed by atoms with Gasteiger partial charge in [0.25, 0.3) is 0 Å². The Morgan fingerprint density at radius 1 is 1.71 bits per heavy atom. The van der Waals surface area contributed by atoms with Gasteiger partial charge in [0, 0.05) is 18.2 Å². The number of nitrogens with zero attached hydrogens (tertiary/aromatic N) is 1. The molecule has 0 bridgehead atoms. The van der Waals surface area contributed by atoms with Crippen molar-refractivity contribution < 1.29 is 14.3 Å². The van der Waals surface area contributed by atoms with E-state index in [0.717, 1.165) is 25.1 Å². The van der Waals surface area contributed by atoms with Crippen LogP contribution in [0, 0.1) is 12.8 Å². The maximum absolute atomic E-state index is 11.7. The van der Waals surface area contributed by atoms with Crippen LogP contribution in [0.3, 0.4) is 0 Å². The number of carbonyl (C=O) groups excluding carboxylic acids is 1. The first-order valence-corrected chi connectivity index (χ1v) is 6.43. The van der Waals surface area contributed by atoms with Crippen molar-refractivity contribution in [2.75, 3.05) is 19.8 Å². The van der Waals surface area contributed by atoms with E-state index in [9.17, 15) is 4.79 Å². The van der Waals surface area contributed by atoms with Gasteiger partial charge in [-0.05, 0) is 35.7 Å². The summed E-state index contributed by atoms with van der Waals surface area (Å²) in [4.78, 5) is 11.7. The van der Waals surface area contributed by atoms with E-state index in [1.807, 2.05) is 6.92 Å². The summed E-state index contributed by atoms with van der Waals surface area (Å²) in [5, 5.41) is 6.63. The molecule has 1 N–H and O–H groups in total. The summed E-state index contributed by atoms with van der Waals surface area (Å²) in [6.07, 6.45) is 2.08. The van der Waals surface area contributed by atoms with E-state index >= 15 is 0 Å². The van der Waals surface area contributed by atoms with Gasteiger partial charge in [0.05, 0.1) is 17.7 Å². The van der Waals surface area contributed by atoms with Crippen LogP contribution in [-0.2, 0) is 9.47 Å². The molecule has 0 amide bonds. The third-order valence-corrected chi connectivity index (χ3v) is 3.74. The van der Waals surface area contributed by atoms with Crippen LogP contribution in [-0.4, -0.2) is 36.0 Å². The van der Waals surface area contributed by atoms with Crippen molar-refractivity contribution in [3.8, 4) is 0 Å². The summed E-state index contributed by atoms with van der Waals surface area (Å²) in [5.41, 5.74) is 1.12. The minimum atomic E-state index is -0.396. The molecule has 1 aliphatic heterocycles. The second-order valence-corrected chi connectivity index (χ2v) is 4.99. The predicted octanol–water partition coefficient (Wildman–Crippen LogP) is 2.06. The first kappa shape index (κ1) is 12.6. The first-order valence-electron chi connectivity index (χ1n) is 5.64. The molecule has 1 unspecified atom stereocenters. The molecule has 0 radical (unpaired) electrons. The molecule has 0 saturated carbocycles. The van der Waals surface area contributed by atoms with E-state index in [0.29, 0.717) is 29.3 Å². The summed E-state index contributed by atoms with van der Waals surface area (Å²) >= 11 is 3.30. The van der Waals surface area contributed by atoms with Crippen LogP contribution in [0.15, 0.2) is 4.47 Å². The summed E-state index contributed by atoms with van der Waals surface area (Å²) < 4.78 is 11.2. The van der Waals surface area contributed by atoms with Gasteiger partial charge in [0.1, 0.15) is 0 Å². The zero-order valence-corrected chi connectivity index (χ0v) is 11.2. The second-order valence-electron chi connectivity index (χ2n) is 4.19. The smallest absolute Gasteiger partial charge is 0.360 e. The highest BCUT2D eigenvalue weighted by molar-refractivity contribution is 9.10. The number of rotatable bonds is 3. The Labute approximate surface area is 108 Å². The Bertz CT molecular complexity index is 399. The first-order chi connectivity index (χ1) is 8.18. The molecule has 17 heavy (non-hydrogen) atoms. The number of hydrogen-bond donors (Lipinski definition) is 1. The van der Waals surface area contributed by atoms with Crippen LogP contribution in [0.25, 0.3) is 0 Å². The molecule has 1 aromatic heterocycles. The molecule has 1 atom stereocenters. The Morgan fingerprint density at radius 2 is 2.53 bits per heavy atom. The fraction of sp³-hybridized carbons (Fsp3) is 0.636. The lowest BCUT2D eigenvalue weighted by Crippen LogP contribution is -2.23. The number of nitrogens with one attached hydrogen (secondary N) is 1. The SMILES string of the molecule is Cc1[nH]nc(C(=O)OCC2CCCOC2)c1Br. The molecule has 2 heterocycles. The molecule has 0 spiro atoms. The van der Waals surface area contributed by atoms with Crippen molar-refractivity contribution in [1.82, 2.24) is 10.2 Å². The minimum Gasteiger partial charge on any atom is -0.461 e. The van der Waals surface area contributed by atoms with E-state index < -0.39 is 5.97 Å². The van der Waals surface area contributed by atoms with E-state index in [1.165, 1.54) is 0 Å². The van der Waals surface area contributed by atoms with Crippen LogP contribution in [0.4, 0.5) is 0 Å². The molecule has 1 fully saturated rings. The normalized spacial score (nSPS) is 20.2. The standard InChI is InChI=1S/C11H15BrN2O3/c1-7-9(12)10(14-13-7)11(15)17-6-8-3-2-4-16-5-8/h8H,2-6H2,1H3,(H,13,14). The molecule has 94 valence electrons. The summed E-state index contributed by atoms with van der Waals surface area (Å²) in [7, 11) is 0. The fourth-order valence-electron chi connectivity index (χ4n) is 1.75. The quantitative estimate of drug-likeness (QED) is 0.868. The van der Waals surface area contributed by atoms with Crippen molar-refractivity contribution in [1.29, 1.82) is 0 Å². The lowest BCUT2D eigenvalue weighted by molar-refractivity contribution is 0.00819. The van der Waals surface area contributed by atoms with Crippen molar-refractivity contribution >= 4 is 21.9 Å². The molecule has 1 aliphatic rings. The Hall–Kier alpha value is -0.880. The highest BCUT2D eigenvalue weighted by Gasteiger charge is 2.20. The van der Waals surface area contributed by atoms with Crippen molar-refractivity contribution in [2.24, 2.45) is 5.92 Å². The maximum atomic E-state index is 11.7. The number of aromatic amines is 1. The summed E-state index contributed by atoms with van der Waals surface area (Å²) in [6, 6.07) is 0. The number of ether oxygens (including phenoxy) is 2. The van der Waals surface area contributed by atoms with Gasteiger partial charge in [0.2, 0.25) is 0 Å². The number of halogens is 1. The highest BCUT2D eigenvalue weighted by atomic mass is 79.9. The monoisotopic (exact) mass is 302 g/mol. The third-order valence-electron chi connectivity index (χ3n) is 2.77. The van der Waals surface area contributed by atoms with Gasteiger partial charge >= 0.3 is 5.97 Å². The molecule has 2 rings (SSSR count). The average Bonchev–Trinajstić information content (AvgIpc) is 2.69. The van der Waals surface area contributed by atoms with Crippen LogP contribution in [0.5, 0.6) is 0 Å². The van der Waals surface area contributed by atoms with E-state index in [-0.39, 0.29) is 0 Å². The molecule has 0 aromatic carbocycles. The van der Waals surface area contributed by atoms with Crippen LogP contribution >= 0.6 is 15.9 Å². The van der Waals surface area contributed by atoms with Crippen molar-refractivity contribution in [2.45, 2.75) is 19.8 Å². The predicted molar refractivity (Wildman–Crippen MR) is 64.9 cm³/mol. The lowest BCUT2D eigenvalue weighted by Gasteiger charge is -2.21.